The van der Waals surface area contributed by atoms with Gasteiger partial charge in [0.2, 0.25) is 0 Å². The largest absolute Gasteiger partial charge is 0.317 e. The van der Waals surface area contributed by atoms with Crippen molar-refractivity contribution in [2.75, 3.05) is 32.7 Å². The van der Waals surface area contributed by atoms with Gasteiger partial charge in [-0.25, -0.2) is 0 Å². The zero-order valence-corrected chi connectivity index (χ0v) is 14.3. The van der Waals surface area contributed by atoms with E-state index in [1.807, 2.05) is 0 Å². The molecule has 0 aromatic heterocycles. The predicted molar refractivity (Wildman–Crippen MR) is 95.2 cm³/mol. The third-order valence-electron chi connectivity index (χ3n) is 3.14. The molecule has 0 heterocycles. The van der Waals surface area contributed by atoms with Crippen molar-refractivity contribution in [1.29, 1.82) is 0 Å². The van der Waals surface area contributed by atoms with E-state index in [4.69, 9.17) is 0 Å². The van der Waals surface area contributed by atoms with Gasteiger partial charge < -0.3 is 16.0 Å². The standard InChI is InChI=1S/C17H31N3.ClH/c1-16(2)14-19-12-6-10-18-11-7-13-20-15-17-8-4-3-5-9-17;/h3-5,8-9,16,18-20H,6-7,10-15H2,1-2H3;1H. The van der Waals surface area contributed by atoms with Crippen LogP contribution in [0.3, 0.4) is 0 Å². The second kappa shape index (κ2) is 14.3. The number of rotatable bonds is 12. The molecule has 1 aromatic carbocycles. The van der Waals surface area contributed by atoms with Gasteiger partial charge >= 0.3 is 0 Å². The first-order valence-electron chi connectivity index (χ1n) is 7.95. The highest BCUT2D eigenvalue weighted by atomic mass is 35.5. The van der Waals surface area contributed by atoms with Crippen LogP contribution in [-0.2, 0) is 6.54 Å². The summed E-state index contributed by atoms with van der Waals surface area (Å²) in [5, 5.41) is 10.4. The summed E-state index contributed by atoms with van der Waals surface area (Å²) >= 11 is 0. The molecule has 0 fully saturated rings. The Morgan fingerprint density at radius 2 is 1.38 bits per heavy atom. The van der Waals surface area contributed by atoms with E-state index in [-0.39, 0.29) is 12.4 Å². The van der Waals surface area contributed by atoms with Crippen molar-refractivity contribution in [3.63, 3.8) is 0 Å². The Morgan fingerprint density at radius 1 is 0.810 bits per heavy atom. The Balaban J connectivity index is 0.00000400. The molecule has 122 valence electrons. The summed E-state index contributed by atoms with van der Waals surface area (Å²) in [6.07, 6.45) is 2.40. The maximum Gasteiger partial charge on any atom is 0.0205 e. The van der Waals surface area contributed by atoms with Gasteiger partial charge in [0.05, 0.1) is 0 Å². The number of hydrogen-bond acceptors (Lipinski definition) is 3. The molecule has 0 aliphatic carbocycles. The first-order valence-corrected chi connectivity index (χ1v) is 7.95. The molecule has 3 nitrogen and oxygen atoms in total. The van der Waals surface area contributed by atoms with Crippen molar-refractivity contribution in [2.24, 2.45) is 5.92 Å². The van der Waals surface area contributed by atoms with Crippen molar-refractivity contribution in [3.05, 3.63) is 35.9 Å². The highest BCUT2D eigenvalue weighted by Crippen LogP contribution is 1.96. The number of nitrogens with one attached hydrogen (secondary N) is 3. The molecule has 21 heavy (non-hydrogen) atoms. The molecule has 3 N–H and O–H groups in total. The van der Waals surface area contributed by atoms with E-state index in [1.165, 1.54) is 18.4 Å². The van der Waals surface area contributed by atoms with Gasteiger partial charge in [-0.1, -0.05) is 44.2 Å². The zero-order valence-electron chi connectivity index (χ0n) is 13.5. The SMILES string of the molecule is CC(C)CNCCCNCCCNCc1ccccc1.Cl. The predicted octanol–water partition coefficient (Wildman–Crippen LogP) is 2.81. The fourth-order valence-electron chi connectivity index (χ4n) is 2.02. The fourth-order valence-corrected chi connectivity index (χ4v) is 2.02. The molecular formula is C17H32ClN3. The monoisotopic (exact) mass is 313 g/mol. The van der Waals surface area contributed by atoms with Crippen molar-refractivity contribution in [2.45, 2.75) is 33.2 Å². The molecule has 0 unspecified atom stereocenters. The van der Waals surface area contributed by atoms with Gasteiger partial charge in [-0.3, -0.25) is 0 Å². The number of hydrogen-bond donors (Lipinski definition) is 3. The summed E-state index contributed by atoms with van der Waals surface area (Å²) in [4.78, 5) is 0. The Hall–Kier alpha value is -0.610. The fraction of sp³-hybridized carbons (Fsp3) is 0.647. The molecule has 0 saturated heterocycles. The van der Waals surface area contributed by atoms with Crippen LogP contribution in [0.25, 0.3) is 0 Å². The van der Waals surface area contributed by atoms with E-state index in [0.29, 0.717) is 0 Å². The molecule has 1 rings (SSSR count). The van der Waals surface area contributed by atoms with E-state index in [9.17, 15) is 0 Å². The van der Waals surface area contributed by atoms with Crippen molar-refractivity contribution >= 4 is 12.4 Å². The van der Waals surface area contributed by atoms with Crippen molar-refractivity contribution in [1.82, 2.24) is 16.0 Å². The number of benzene rings is 1. The molecule has 0 spiro atoms. The van der Waals surface area contributed by atoms with Gasteiger partial charge in [-0.15, -0.1) is 12.4 Å². The highest BCUT2D eigenvalue weighted by Gasteiger charge is 1.93. The Bertz CT molecular complexity index is 317. The highest BCUT2D eigenvalue weighted by molar-refractivity contribution is 5.85. The quantitative estimate of drug-likeness (QED) is 0.519. The average Bonchev–Trinajstić information content (AvgIpc) is 2.45. The second-order valence-corrected chi connectivity index (χ2v) is 5.72. The molecule has 0 aliphatic heterocycles. The van der Waals surface area contributed by atoms with Crippen LogP contribution in [0.5, 0.6) is 0 Å². The maximum absolute atomic E-state index is 3.49. The van der Waals surface area contributed by atoms with E-state index in [1.54, 1.807) is 0 Å². The summed E-state index contributed by atoms with van der Waals surface area (Å²) in [7, 11) is 0. The van der Waals surface area contributed by atoms with Crippen LogP contribution in [0.4, 0.5) is 0 Å². The lowest BCUT2D eigenvalue weighted by Gasteiger charge is -2.08. The van der Waals surface area contributed by atoms with Crippen LogP contribution in [0, 0.1) is 5.92 Å². The molecule has 0 saturated carbocycles. The topological polar surface area (TPSA) is 36.1 Å². The molecule has 4 heteroatoms. The smallest absolute Gasteiger partial charge is 0.0205 e. The zero-order chi connectivity index (χ0) is 14.5. The van der Waals surface area contributed by atoms with Crippen LogP contribution in [0.15, 0.2) is 30.3 Å². The summed E-state index contributed by atoms with van der Waals surface area (Å²) < 4.78 is 0. The van der Waals surface area contributed by atoms with Crippen LogP contribution in [0.1, 0.15) is 32.3 Å². The van der Waals surface area contributed by atoms with Crippen molar-refractivity contribution in [3.8, 4) is 0 Å². The van der Waals surface area contributed by atoms with Crippen LogP contribution < -0.4 is 16.0 Å². The van der Waals surface area contributed by atoms with Gasteiger partial charge in [0, 0.05) is 6.54 Å². The van der Waals surface area contributed by atoms with Crippen LogP contribution in [-0.4, -0.2) is 32.7 Å². The van der Waals surface area contributed by atoms with Gasteiger partial charge in [0.25, 0.3) is 0 Å². The normalized spacial score (nSPS) is 10.6. The average molecular weight is 314 g/mol. The molecule has 0 radical (unpaired) electrons. The molecule has 0 atom stereocenters. The van der Waals surface area contributed by atoms with E-state index >= 15 is 0 Å². The van der Waals surface area contributed by atoms with Crippen LogP contribution >= 0.6 is 12.4 Å². The Morgan fingerprint density at radius 3 is 2.00 bits per heavy atom. The van der Waals surface area contributed by atoms with Gasteiger partial charge in [-0.05, 0) is 57.0 Å². The number of halogens is 1. The van der Waals surface area contributed by atoms with Crippen LogP contribution in [0.2, 0.25) is 0 Å². The second-order valence-electron chi connectivity index (χ2n) is 5.72. The Labute approximate surface area is 136 Å². The minimum Gasteiger partial charge on any atom is -0.317 e. The maximum atomic E-state index is 3.49. The van der Waals surface area contributed by atoms with Crippen molar-refractivity contribution < 1.29 is 0 Å². The molecule has 0 bridgehead atoms. The molecule has 0 amide bonds. The first-order chi connectivity index (χ1) is 9.79. The third-order valence-corrected chi connectivity index (χ3v) is 3.14. The lowest BCUT2D eigenvalue weighted by atomic mass is 10.2. The molecule has 0 aliphatic rings. The van der Waals surface area contributed by atoms with E-state index < -0.39 is 0 Å². The summed E-state index contributed by atoms with van der Waals surface area (Å²) in [5.41, 5.74) is 1.36. The van der Waals surface area contributed by atoms with Gasteiger partial charge in [-0.2, -0.15) is 0 Å². The summed E-state index contributed by atoms with van der Waals surface area (Å²) in [5.74, 6) is 0.749. The minimum absolute atomic E-state index is 0. The lowest BCUT2D eigenvalue weighted by molar-refractivity contribution is 0.525. The summed E-state index contributed by atoms with van der Waals surface area (Å²) in [6, 6.07) is 10.6. The molecular weight excluding hydrogens is 282 g/mol. The van der Waals surface area contributed by atoms with Gasteiger partial charge in [0.1, 0.15) is 0 Å². The van der Waals surface area contributed by atoms with E-state index in [2.05, 4.69) is 60.1 Å². The minimum atomic E-state index is 0. The van der Waals surface area contributed by atoms with Gasteiger partial charge in [0.15, 0.2) is 0 Å². The van der Waals surface area contributed by atoms with E-state index in [0.717, 1.165) is 45.2 Å². The first kappa shape index (κ1) is 20.4. The molecule has 1 aromatic rings. The Kier molecular flexibility index (Phi) is 13.9. The summed E-state index contributed by atoms with van der Waals surface area (Å²) in [6.45, 7) is 11.0. The lowest BCUT2D eigenvalue weighted by Crippen LogP contribution is -2.26. The third kappa shape index (κ3) is 12.8.